The third-order valence-electron chi connectivity index (χ3n) is 2.35. The molecular formula is C13H20N2O3. The van der Waals surface area contributed by atoms with E-state index in [9.17, 15) is 4.79 Å². The number of ether oxygens (including phenoxy) is 2. The van der Waals surface area contributed by atoms with Crippen molar-refractivity contribution in [1.29, 1.82) is 0 Å². The lowest BCUT2D eigenvalue weighted by Crippen LogP contribution is -2.36. The van der Waals surface area contributed by atoms with Gasteiger partial charge in [0.25, 0.3) is 0 Å². The minimum absolute atomic E-state index is 0.189. The summed E-state index contributed by atoms with van der Waals surface area (Å²) in [6.45, 7) is 4.12. The van der Waals surface area contributed by atoms with E-state index in [1.54, 1.807) is 7.11 Å². The average Bonchev–Trinajstić information content (AvgIpc) is 2.42. The SMILES string of the molecule is CCOCCNC(=O)NCc1ccc(OC)cc1. The Kier molecular flexibility index (Phi) is 6.64. The van der Waals surface area contributed by atoms with Gasteiger partial charge in [-0.3, -0.25) is 0 Å². The second-order valence-corrected chi connectivity index (χ2v) is 3.65. The summed E-state index contributed by atoms with van der Waals surface area (Å²) in [4.78, 5) is 11.4. The van der Waals surface area contributed by atoms with Gasteiger partial charge in [0.2, 0.25) is 0 Å². The molecule has 0 unspecified atom stereocenters. The topological polar surface area (TPSA) is 59.6 Å². The largest absolute Gasteiger partial charge is 0.497 e. The Morgan fingerprint density at radius 3 is 2.56 bits per heavy atom. The molecule has 2 N–H and O–H groups in total. The minimum atomic E-state index is -0.189. The van der Waals surface area contributed by atoms with Crippen LogP contribution < -0.4 is 15.4 Å². The summed E-state index contributed by atoms with van der Waals surface area (Å²) in [6.07, 6.45) is 0. The molecule has 1 rings (SSSR count). The van der Waals surface area contributed by atoms with E-state index in [0.29, 0.717) is 26.3 Å². The Morgan fingerprint density at radius 2 is 1.94 bits per heavy atom. The predicted octanol–water partition coefficient (Wildman–Crippen LogP) is 1.53. The normalized spacial score (nSPS) is 9.89. The summed E-state index contributed by atoms with van der Waals surface area (Å²) in [5, 5.41) is 5.48. The molecule has 0 bridgehead atoms. The second kappa shape index (κ2) is 8.36. The fraction of sp³-hybridized carbons (Fsp3) is 0.462. The van der Waals surface area contributed by atoms with Crippen molar-refractivity contribution in [1.82, 2.24) is 10.6 Å². The van der Waals surface area contributed by atoms with E-state index in [4.69, 9.17) is 9.47 Å². The summed E-state index contributed by atoms with van der Waals surface area (Å²) < 4.78 is 10.2. The van der Waals surface area contributed by atoms with Crippen molar-refractivity contribution in [2.45, 2.75) is 13.5 Å². The van der Waals surface area contributed by atoms with Crippen molar-refractivity contribution in [2.75, 3.05) is 26.9 Å². The lowest BCUT2D eigenvalue weighted by atomic mass is 10.2. The summed E-state index contributed by atoms with van der Waals surface area (Å²) in [7, 11) is 1.62. The highest BCUT2D eigenvalue weighted by Gasteiger charge is 1.99. The van der Waals surface area contributed by atoms with Crippen molar-refractivity contribution in [3.8, 4) is 5.75 Å². The lowest BCUT2D eigenvalue weighted by Gasteiger charge is -2.08. The molecule has 0 saturated heterocycles. The van der Waals surface area contributed by atoms with Crippen LogP contribution >= 0.6 is 0 Å². The maximum Gasteiger partial charge on any atom is 0.315 e. The van der Waals surface area contributed by atoms with Crippen LogP contribution in [0.2, 0.25) is 0 Å². The van der Waals surface area contributed by atoms with Gasteiger partial charge in [0.15, 0.2) is 0 Å². The first-order chi connectivity index (χ1) is 8.76. The minimum Gasteiger partial charge on any atom is -0.497 e. The molecule has 0 radical (unpaired) electrons. The second-order valence-electron chi connectivity index (χ2n) is 3.65. The van der Waals surface area contributed by atoms with Gasteiger partial charge >= 0.3 is 6.03 Å². The number of benzene rings is 1. The monoisotopic (exact) mass is 252 g/mol. The van der Waals surface area contributed by atoms with Gasteiger partial charge in [-0.1, -0.05) is 12.1 Å². The molecule has 0 aliphatic heterocycles. The number of hydrogen-bond donors (Lipinski definition) is 2. The summed E-state index contributed by atoms with van der Waals surface area (Å²) in [5.41, 5.74) is 1.02. The van der Waals surface area contributed by atoms with Crippen LogP contribution in [-0.2, 0) is 11.3 Å². The van der Waals surface area contributed by atoms with Crippen LogP contribution in [-0.4, -0.2) is 32.9 Å². The van der Waals surface area contributed by atoms with Crippen molar-refractivity contribution < 1.29 is 14.3 Å². The molecule has 100 valence electrons. The third-order valence-corrected chi connectivity index (χ3v) is 2.35. The Bertz CT molecular complexity index is 352. The van der Waals surface area contributed by atoms with E-state index in [-0.39, 0.29) is 6.03 Å². The van der Waals surface area contributed by atoms with Crippen LogP contribution in [0.4, 0.5) is 4.79 Å². The van der Waals surface area contributed by atoms with Crippen LogP contribution in [0.3, 0.4) is 0 Å². The van der Waals surface area contributed by atoms with Gasteiger partial charge in [-0.05, 0) is 24.6 Å². The van der Waals surface area contributed by atoms with Crippen molar-refractivity contribution in [3.05, 3.63) is 29.8 Å². The van der Waals surface area contributed by atoms with Crippen LogP contribution in [0.15, 0.2) is 24.3 Å². The molecule has 0 aliphatic carbocycles. The maximum atomic E-state index is 11.4. The molecular weight excluding hydrogens is 232 g/mol. The Morgan fingerprint density at radius 1 is 1.22 bits per heavy atom. The molecule has 18 heavy (non-hydrogen) atoms. The van der Waals surface area contributed by atoms with E-state index >= 15 is 0 Å². The van der Waals surface area contributed by atoms with Gasteiger partial charge in [0.05, 0.1) is 13.7 Å². The van der Waals surface area contributed by atoms with E-state index in [0.717, 1.165) is 11.3 Å². The number of hydrogen-bond acceptors (Lipinski definition) is 3. The Balaban J connectivity index is 2.20. The van der Waals surface area contributed by atoms with Crippen LogP contribution in [0.1, 0.15) is 12.5 Å². The number of nitrogens with one attached hydrogen (secondary N) is 2. The molecule has 2 amide bonds. The summed E-state index contributed by atoms with van der Waals surface area (Å²) in [5.74, 6) is 0.805. The molecule has 5 nitrogen and oxygen atoms in total. The summed E-state index contributed by atoms with van der Waals surface area (Å²) in [6, 6.07) is 7.37. The predicted molar refractivity (Wildman–Crippen MR) is 69.7 cm³/mol. The van der Waals surface area contributed by atoms with Gasteiger partial charge in [0, 0.05) is 19.7 Å². The highest BCUT2D eigenvalue weighted by atomic mass is 16.5. The zero-order chi connectivity index (χ0) is 13.2. The molecule has 0 aromatic heterocycles. The third kappa shape index (κ3) is 5.54. The number of urea groups is 1. The molecule has 0 saturated carbocycles. The van der Waals surface area contributed by atoms with E-state index in [1.165, 1.54) is 0 Å². The number of carbonyl (C=O) groups is 1. The fourth-order valence-electron chi connectivity index (χ4n) is 1.37. The quantitative estimate of drug-likeness (QED) is 0.723. The first-order valence-electron chi connectivity index (χ1n) is 5.98. The lowest BCUT2D eigenvalue weighted by molar-refractivity contribution is 0.149. The molecule has 1 aromatic rings. The smallest absolute Gasteiger partial charge is 0.315 e. The summed E-state index contributed by atoms with van der Waals surface area (Å²) >= 11 is 0. The Hall–Kier alpha value is -1.75. The van der Waals surface area contributed by atoms with Gasteiger partial charge in [-0.15, -0.1) is 0 Å². The van der Waals surface area contributed by atoms with Crippen molar-refractivity contribution in [3.63, 3.8) is 0 Å². The molecule has 0 heterocycles. The van der Waals surface area contributed by atoms with Crippen molar-refractivity contribution >= 4 is 6.03 Å². The van der Waals surface area contributed by atoms with E-state index in [2.05, 4.69) is 10.6 Å². The first kappa shape index (κ1) is 14.3. The highest BCUT2D eigenvalue weighted by Crippen LogP contribution is 2.10. The van der Waals surface area contributed by atoms with Gasteiger partial charge in [-0.25, -0.2) is 4.79 Å². The Labute approximate surface area is 107 Å². The maximum absolute atomic E-state index is 11.4. The molecule has 0 aliphatic rings. The van der Waals surface area contributed by atoms with E-state index < -0.39 is 0 Å². The highest BCUT2D eigenvalue weighted by molar-refractivity contribution is 5.73. The molecule has 0 atom stereocenters. The molecule has 0 spiro atoms. The number of carbonyl (C=O) groups excluding carboxylic acids is 1. The van der Waals surface area contributed by atoms with E-state index in [1.807, 2.05) is 31.2 Å². The van der Waals surface area contributed by atoms with Crippen LogP contribution in [0, 0.1) is 0 Å². The first-order valence-corrected chi connectivity index (χ1v) is 5.98. The standard InChI is InChI=1S/C13H20N2O3/c1-3-18-9-8-14-13(16)15-10-11-4-6-12(17-2)7-5-11/h4-7H,3,8-10H2,1-2H3,(H2,14,15,16). The van der Waals surface area contributed by atoms with Gasteiger partial charge in [-0.2, -0.15) is 0 Å². The molecule has 0 fully saturated rings. The van der Waals surface area contributed by atoms with Crippen LogP contribution in [0.25, 0.3) is 0 Å². The fourth-order valence-corrected chi connectivity index (χ4v) is 1.37. The number of rotatable bonds is 7. The number of amides is 2. The zero-order valence-corrected chi connectivity index (χ0v) is 10.9. The van der Waals surface area contributed by atoms with Gasteiger partial charge in [0.1, 0.15) is 5.75 Å². The zero-order valence-electron chi connectivity index (χ0n) is 10.9. The van der Waals surface area contributed by atoms with Crippen molar-refractivity contribution in [2.24, 2.45) is 0 Å². The molecule has 1 aromatic carbocycles. The van der Waals surface area contributed by atoms with Gasteiger partial charge < -0.3 is 20.1 Å². The number of methoxy groups -OCH3 is 1. The van der Waals surface area contributed by atoms with Crippen LogP contribution in [0.5, 0.6) is 5.75 Å². The average molecular weight is 252 g/mol. The molecule has 5 heteroatoms.